The van der Waals surface area contributed by atoms with E-state index in [1.807, 2.05) is 13.1 Å². The first-order valence-electron chi connectivity index (χ1n) is 3.67. The largest absolute Gasteiger partial charge is 0.258 e. The fraction of sp³-hybridized carbons (Fsp3) is 0.500. The van der Waals surface area contributed by atoms with Crippen LogP contribution in [0.5, 0.6) is 0 Å². The zero-order chi connectivity index (χ0) is 6.97. The highest BCUT2D eigenvalue weighted by Gasteiger charge is 2.12. The lowest BCUT2D eigenvalue weighted by atomic mass is 10.3. The lowest BCUT2D eigenvalue weighted by Crippen LogP contribution is -1.93. The molecule has 0 aromatic carbocycles. The van der Waals surface area contributed by atoms with Crippen molar-refractivity contribution in [3.8, 4) is 0 Å². The van der Waals surface area contributed by atoms with Crippen molar-refractivity contribution in [3.05, 3.63) is 23.3 Å². The van der Waals surface area contributed by atoms with Crippen molar-refractivity contribution in [2.24, 2.45) is 0 Å². The molecule has 0 N–H and O–H groups in total. The molecule has 1 heterocycles. The fourth-order valence-electron chi connectivity index (χ4n) is 1.38. The molecule has 2 nitrogen and oxygen atoms in total. The molecule has 0 fully saturated rings. The van der Waals surface area contributed by atoms with Gasteiger partial charge in [-0.3, -0.25) is 9.97 Å². The van der Waals surface area contributed by atoms with Crippen molar-refractivity contribution in [2.75, 3.05) is 0 Å². The minimum absolute atomic E-state index is 1.04. The Labute approximate surface area is 60.3 Å². The van der Waals surface area contributed by atoms with Crippen molar-refractivity contribution in [1.82, 2.24) is 9.97 Å². The standard InChI is InChI=1S/C8H10N2/c1-6-5-9-7-3-2-4-8(7)10-6/h5H,2-4H2,1H3. The number of rotatable bonds is 0. The molecule has 1 aromatic heterocycles. The SMILES string of the molecule is Cc1cnc2c(n1)CCC2. The number of hydrogen-bond donors (Lipinski definition) is 0. The first-order valence-corrected chi connectivity index (χ1v) is 3.67. The van der Waals surface area contributed by atoms with E-state index < -0.39 is 0 Å². The van der Waals surface area contributed by atoms with Crippen LogP contribution in [0.25, 0.3) is 0 Å². The molecule has 0 atom stereocenters. The van der Waals surface area contributed by atoms with E-state index in [2.05, 4.69) is 9.97 Å². The molecule has 0 saturated heterocycles. The zero-order valence-corrected chi connectivity index (χ0v) is 6.09. The average molecular weight is 134 g/mol. The van der Waals surface area contributed by atoms with Crippen molar-refractivity contribution >= 4 is 0 Å². The summed E-state index contributed by atoms with van der Waals surface area (Å²) in [5, 5.41) is 0. The predicted molar refractivity (Wildman–Crippen MR) is 38.8 cm³/mol. The van der Waals surface area contributed by atoms with E-state index in [4.69, 9.17) is 0 Å². The molecule has 52 valence electrons. The highest BCUT2D eigenvalue weighted by atomic mass is 14.8. The highest BCUT2D eigenvalue weighted by molar-refractivity contribution is 5.18. The van der Waals surface area contributed by atoms with Crippen LogP contribution in [0.4, 0.5) is 0 Å². The van der Waals surface area contributed by atoms with Gasteiger partial charge in [0.15, 0.2) is 0 Å². The molecule has 2 rings (SSSR count). The van der Waals surface area contributed by atoms with Gasteiger partial charge >= 0.3 is 0 Å². The summed E-state index contributed by atoms with van der Waals surface area (Å²) in [5.41, 5.74) is 3.48. The van der Waals surface area contributed by atoms with Crippen molar-refractivity contribution in [2.45, 2.75) is 26.2 Å². The monoisotopic (exact) mass is 134 g/mol. The smallest absolute Gasteiger partial charge is 0.0622 e. The first-order chi connectivity index (χ1) is 4.86. The first kappa shape index (κ1) is 5.83. The summed E-state index contributed by atoms with van der Waals surface area (Å²) in [6.07, 6.45) is 5.34. The average Bonchev–Trinajstić information content (AvgIpc) is 2.33. The van der Waals surface area contributed by atoms with Gasteiger partial charge in [0.2, 0.25) is 0 Å². The minimum Gasteiger partial charge on any atom is -0.258 e. The van der Waals surface area contributed by atoms with Gasteiger partial charge in [0.1, 0.15) is 0 Å². The third-order valence-electron chi connectivity index (χ3n) is 1.88. The quantitative estimate of drug-likeness (QED) is 0.534. The van der Waals surface area contributed by atoms with Crippen LogP contribution < -0.4 is 0 Å². The lowest BCUT2D eigenvalue weighted by Gasteiger charge is -1.96. The van der Waals surface area contributed by atoms with Gasteiger partial charge in [-0.2, -0.15) is 0 Å². The number of aryl methyl sites for hydroxylation is 3. The summed E-state index contributed by atoms with van der Waals surface area (Å²) in [6.45, 7) is 1.99. The van der Waals surface area contributed by atoms with E-state index >= 15 is 0 Å². The fourth-order valence-corrected chi connectivity index (χ4v) is 1.38. The third kappa shape index (κ3) is 0.801. The molecule has 10 heavy (non-hydrogen) atoms. The van der Waals surface area contributed by atoms with E-state index in [1.165, 1.54) is 17.8 Å². The Morgan fingerprint density at radius 3 is 3.00 bits per heavy atom. The molecule has 0 aliphatic heterocycles. The summed E-state index contributed by atoms with van der Waals surface area (Å²) in [6, 6.07) is 0. The molecule has 0 amide bonds. The maximum Gasteiger partial charge on any atom is 0.0622 e. The van der Waals surface area contributed by atoms with Crippen LogP contribution in [0.3, 0.4) is 0 Å². The molecule has 0 bridgehead atoms. The van der Waals surface area contributed by atoms with Crippen molar-refractivity contribution in [1.29, 1.82) is 0 Å². The summed E-state index contributed by atoms with van der Waals surface area (Å²) in [5.74, 6) is 0. The Balaban J connectivity index is 2.52. The van der Waals surface area contributed by atoms with Gasteiger partial charge in [-0.05, 0) is 26.2 Å². The summed E-state index contributed by atoms with van der Waals surface area (Å²) >= 11 is 0. The Morgan fingerprint density at radius 2 is 2.10 bits per heavy atom. The lowest BCUT2D eigenvalue weighted by molar-refractivity contribution is 0.893. The highest BCUT2D eigenvalue weighted by Crippen LogP contribution is 2.16. The summed E-state index contributed by atoms with van der Waals surface area (Å²) < 4.78 is 0. The second kappa shape index (κ2) is 2.04. The maximum atomic E-state index is 4.39. The Kier molecular flexibility index (Phi) is 1.19. The molecule has 1 aromatic rings. The van der Waals surface area contributed by atoms with Gasteiger partial charge in [-0.25, -0.2) is 0 Å². The van der Waals surface area contributed by atoms with Gasteiger partial charge in [0.05, 0.1) is 17.1 Å². The Morgan fingerprint density at radius 1 is 1.30 bits per heavy atom. The van der Waals surface area contributed by atoms with Crippen LogP contribution in [0.15, 0.2) is 6.20 Å². The van der Waals surface area contributed by atoms with Crippen molar-refractivity contribution < 1.29 is 0 Å². The molecular weight excluding hydrogens is 124 g/mol. The molecule has 0 radical (unpaired) electrons. The molecule has 1 aliphatic rings. The van der Waals surface area contributed by atoms with E-state index in [-0.39, 0.29) is 0 Å². The van der Waals surface area contributed by atoms with Gasteiger partial charge < -0.3 is 0 Å². The van der Waals surface area contributed by atoms with Gasteiger partial charge in [-0.15, -0.1) is 0 Å². The number of hydrogen-bond acceptors (Lipinski definition) is 2. The Hall–Kier alpha value is -0.920. The Bertz CT molecular complexity index is 255. The van der Waals surface area contributed by atoms with Crippen LogP contribution in [-0.4, -0.2) is 9.97 Å². The molecule has 1 aliphatic carbocycles. The second-order valence-electron chi connectivity index (χ2n) is 2.76. The molecule has 2 heteroatoms. The van der Waals surface area contributed by atoms with Crippen LogP contribution in [-0.2, 0) is 12.8 Å². The number of aromatic nitrogens is 2. The summed E-state index contributed by atoms with van der Waals surface area (Å²) in [4.78, 5) is 8.69. The van der Waals surface area contributed by atoms with Crippen LogP contribution in [0.1, 0.15) is 23.5 Å². The zero-order valence-electron chi connectivity index (χ0n) is 6.09. The van der Waals surface area contributed by atoms with Crippen molar-refractivity contribution in [3.63, 3.8) is 0 Å². The van der Waals surface area contributed by atoms with E-state index in [0.717, 1.165) is 18.5 Å². The van der Waals surface area contributed by atoms with Gasteiger partial charge in [0.25, 0.3) is 0 Å². The van der Waals surface area contributed by atoms with Gasteiger partial charge in [-0.1, -0.05) is 0 Å². The van der Waals surface area contributed by atoms with E-state index in [0.29, 0.717) is 0 Å². The molecule has 0 spiro atoms. The summed E-state index contributed by atoms with van der Waals surface area (Å²) in [7, 11) is 0. The van der Waals surface area contributed by atoms with E-state index in [9.17, 15) is 0 Å². The van der Waals surface area contributed by atoms with Crippen LogP contribution >= 0.6 is 0 Å². The maximum absolute atomic E-state index is 4.39. The van der Waals surface area contributed by atoms with Gasteiger partial charge in [0, 0.05) is 6.20 Å². The van der Waals surface area contributed by atoms with Crippen LogP contribution in [0, 0.1) is 6.92 Å². The molecule has 0 saturated carbocycles. The normalized spacial score (nSPS) is 15.3. The second-order valence-corrected chi connectivity index (χ2v) is 2.76. The number of fused-ring (bicyclic) bond motifs is 1. The topological polar surface area (TPSA) is 25.8 Å². The molecular formula is C8H10N2. The molecule has 0 unspecified atom stereocenters. The number of nitrogens with zero attached hydrogens (tertiary/aromatic N) is 2. The van der Waals surface area contributed by atoms with Crippen LogP contribution in [0.2, 0.25) is 0 Å². The minimum atomic E-state index is 1.04. The third-order valence-corrected chi connectivity index (χ3v) is 1.88. The predicted octanol–water partition coefficient (Wildman–Crippen LogP) is 1.27. The van der Waals surface area contributed by atoms with E-state index in [1.54, 1.807) is 0 Å².